The van der Waals surface area contributed by atoms with E-state index in [0.29, 0.717) is 35.0 Å². The summed E-state index contributed by atoms with van der Waals surface area (Å²) in [6.45, 7) is 4.11. The zero-order chi connectivity index (χ0) is 28.9. The summed E-state index contributed by atoms with van der Waals surface area (Å²) in [6.07, 6.45) is 1.69. The van der Waals surface area contributed by atoms with Crippen LogP contribution in [0.4, 0.5) is 5.88 Å². The van der Waals surface area contributed by atoms with Crippen LogP contribution in [0.15, 0.2) is 82.2 Å². The number of aromatic nitrogens is 1. The third kappa shape index (κ3) is 5.30. The van der Waals surface area contributed by atoms with Gasteiger partial charge in [-0.05, 0) is 61.9 Å². The van der Waals surface area contributed by atoms with Crippen LogP contribution in [0.5, 0.6) is 11.5 Å². The minimum Gasteiger partial charge on any atom is -0.497 e. The van der Waals surface area contributed by atoms with Crippen molar-refractivity contribution in [3.63, 3.8) is 0 Å². The predicted molar refractivity (Wildman–Crippen MR) is 158 cm³/mol. The third-order valence-electron chi connectivity index (χ3n) is 6.92. The summed E-state index contributed by atoms with van der Waals surface area (Å²) in [7, 11) is 3.21. The number of nitrogens with zero attached hydrogens (tertiary/aromatic N) is 3. The first kappa shape index (κ1) is 27.3. The van der Waals surface area contributed by atoms with E-state index < -0.39 is 0 Å². The molecule has 0 spiro atoms. The van der Waals surface area contributed by atoms with Crippen LogP contribution in [-0.4, -0.2) is 37.6 Å². The van der Waals surface area contributed by atoms with Crippen molar-refractivity contribution in [2.45, 2.75) is 20.4 Å². The molecule has 8 heteroatoms. The Morgan fingerprint density at radius 3 is 2.22 bits per heavy atom. The van der Waals surface area contributed by atoms with E-state index in [0.717, 1.165) is 33.3 Å². The number of rotatable bonds is 9. The second-order valence-electron chi connectivity index (χ2n) is 9.22. The summed E-state index contributed by atoms with van der Waals surface area (Å²) in [5.74, 6) is 1.80. The SMILES string of the molecule is CCOC(=O)Cn1c(C)c(C=Nc2oc(-c3ccc(OC)cc3)c(-c3ccc(OC)cc3)c2C#N)c2ccccc21. The molecule has 0 aliphatic heterocycles. The average Bonchev–Trinajstić information content (AvgIpc) is 3.50. The number of carbonyl (C=O) groups is 1. The van der Waals surface area contributed by atoms with Crippen LogP contribution in [0.25, 0.3) is 33.4 Å². The number of fused-ring (bicyclic) bond motifs is 1. The number of hydrogen-bond donors (Lipinski definition) is 0. The summed E-state index contributed by atoms with van der Waals surface area (Å²) in [6, 6.07) is 25.0. The molecule has 0 N–H and O–H groups in total. The zero-order valence-corrected chi connectivity index (χ0v) is 23.3. The lowest BCUT2D eigenvalue weighted by Crippen LogP contribution is -2.14. The van der Waals surface area contributed by atoms with Gasteiger partial charge in [0.15, 0.2) is 0 Å². The van der Waals surface area contributed by atoms with Gasteiger partial charge in [0.2, 0.25) is 5.88 Å². The Hall–Kier alpha value is -5.29. The Kier molecular flexibility index (Phi) is 7.88. The standard InChI is InChI=1S/C33H29N3O5/c1-5-40-30(37)20-36-21(2)28(26-8-6-7-9-29(26)36)19-35-33-27(18-34)31(22-10-14-24(38-3)15-11-22)32(41-33)23-12-16-25(39-4)17-13-23/h6-17,19H,5,20H2,1-4H3. The molecule has 3 aromatic carbocycles. The molecule has 0 unspecified atom stereocenters. The minimum atomic E-state index is -0.314. The fourth-order valence-corrected chi connectivity index (χ4v) is 4.88. The van der Waals surface area contributed by atoms with Gasteiger partial charge >= 0.3 is 5.97 Å². The highest BCUT2D eigenvalue weighted by molar-refractivity contribution is 6.02. The molecule has 0 bridgehead atoms. The maximum Gasteiger partial charge on any atom is 0.325 e. The first-order valence-corrected chi connectivity index (χ1v) is 13.1. The van der Waals surface area contributed by atoms with Gasteiger partial charge in [0.25, 0.3) is 0 Å². The molecule has 0 radical (unpaired) electrons. The van der Waals surface area contributed by atoms with Gasteiger partial charge in [-0.1, -0.05) is 30.3 Å². The van der Waals surface area contributed by atoms with Gasteiger partial charge in [-0.25, -0.2) is 4.99 Å². The van der Waals surface area contributed by atoms with E-state index in [1.165, 1.54) is 0 Å². The number of carbonyl (C=O) groups excluding carboxylic acids is 1. The lowest BCUT2D eigenvalue weighted by molar-refractivity contribution is -0.143. The number of para-hydroxylation sites is 1. The van der Waals surface area contributed by atoms with Crippen molar-refractivity contribution < 1.29 is 23.4 Å². The minimum absolute atomic E-state index is 0.0848. The number of hydrogen-bond acceptors (Lipinski definition) is 7. The Labute approximate surface area is 238 Å². The highest BCUT2D eigenvalue weighted by Gasteiger charge is 2.23. The fraction of sp³-hybridized carbons (Fsp3) is 0.182. The van der Waals surface area contributed by atoms with Gasteiger partial charge in [0.05, 0.1) is 20.8 Å². The molecule has 206 valence electrons. The summed E-state index contributed by atoms with van der Waals surface area (Å²) >= 11 is 0. The summed E-state index contributed by atoms with van der Waals surface area (Å²) < 4.78 is 24.1. The van der Waals surface area contributed by atoms with Crippen LogP contribution in [-0.2, 0) is 16.1 Å². The van der Waals surface area contributed by atoms with Gasteiger partial charge in [-0.2, -0.15) is 5.26 Å². The lowest BCUT2D eigenvalue weighted by Gasteiger charge is -2.07. The molecule has 2 aromatic heterocycles. The fourth-order valence-electron chi connectivity index (χ4n) is 4.88. The smallest absolute Gasteiger partial charge is 0.325 e. The Morgan fingerprint density at radius 1 is 0.976 bits per heavy atom. The average molecular weight is 548 g/mol. The molecule has 2 heterocycles. The van der Waals surface area contributed by atoms with E-state index in [1.807, 2.05) is 84.3 Å². The van der Waals surface area contributed by atoms with Crippen molar-refractivity contribution in [3.8, 4) is 40.0 Å². The second-order valence-corrected chi connectivity index (χ2v) is 9.22. The highest BCUT2D eigenvalue weighted by atomic mass is 16.5. The molecule has 0 saturated carbocycles. The van der Waals surface area contributed by atoms with E-state index in [-0.39, 0.29) is 18.4 Å². The maximum absolute atomic E-state index is 12.3. The Bertz CT molecular complexity index is 1770. The molecule has 41 heavy (non-hydrogen) atoms. The number of furan rings is 1. The third-order valence-corrected chi connectivity index (χ3v) is 6.92. The predicted octanol–water partition coefficient (Wildman–Crippen LogP) is 7.08. The van der Waals surface area contributed by atoms with E-state index in [9.17, 15) is 10.1 Å². The monoisotopic (exact) mass is 547 g/mol. The van der Waals surface area contributed by atoms with Crippen LogP contribution in [0, 0.1) is 18.3 Å². The molecular formula is C33H29N3O5. The summed E-state index contributed by atoms with van der Waals surface area (Å²) in [5.41, 5.74) is 5.06. The number of ether oxygens (including phenoxy) is 3. The topological polar surface area (TPSA) is 99.0 Å². The van der Waals surface area contributed by atoms with Crippen molar-refractivity contribution in [1.82, 2.24) is 4.57 Å². The first-order valence-electron chi connectivity index (χ1n) is 13.1. The number of esters is 1. The summed E-state index contributed by atoms with van der Waals surface area (Å²) in [4.78, 5) is 17.0. The van der Waals surface area contributed by atoms with Gasteiger partial charge in [0.1, 0.15) is 35.4 Å². The molecule has 5 aromatic rings. The highest BCUT2D eigenvalue weighted by Crippen LogP contribution is 2.43. The quantitative estimate of drug-likeness (QED) is 0.144. The lowest BCUT2D eigenvalue weighted by atomic mass is 9.98. The van der Waals surface area contributed by atoms with Gasteiger partial charge < -0.3 is 23.2 Å². The molecule has 0 aliphatic carbocycles. The normalized spacial score (nSPS) is 11.1. The van der Waals surface area contributed by atoms with Crippen LogP contribution >= 0.6 is 0 Å². The van der Waals surface area contributed by atoms with Crippen molar-refractivity contribution in [3.05, 3.63) is 89.6 Å². The van der Waals surface area contributed by atoms with E-state index in [2.05, 4.69) is 6.07 Å². The van der Waals surface area contributed by atoms with E-state index in [1.54, 1.807) is 27.4 Å². The maximum atomic E-state index is 12.3. The zero-order valence-electron chi connectivity index (χ0n) is 23.3. The number of nitriles is 1. The van der Waals surface area contributed by atoms with E-state index >= 15 is 0 Å². The van der Waals surface area contributed by atoms with Gasteiger partial charge in [-0.15, -0.1) is 0 Å². The van der Waals surface area contributed by atoms with Crippen LogP contribution in [0.2, 0.25) is 0 Å². The molecule has 0 fully saturated rings. The number of benzene rings is 3. The van der Waals surface area contributed by atoms with Crippen LogP contribution in [0.1, 0.15) is 23.7 Å². The number of aliphatic imine (C=N–C) groups is 1. The van der Waals surface area contributed by atoms with Gasteiger partial charge in [0, 0.05) is 39.5 Å². The van der Waals surface area contributed by atoms with Crippen LogP contribution in [0.3, 0.4) is 0 Å². The van der Waals surface area contributed by atoms with Crippen molar-refractivity contribution in [1.29, 1.82) is 5.26 Å². The van der Waals surface area contributed by atoms with Crippen molar-refractivity contribution in [2.24, 2.45) is 4.99 Å². The molecule has 8 nitrogen and oxygen atoms in total. The second kappa shape index (κ2) is 11.8. The largest absolute Gasteiger partial charge is 0.497 e. The van der Waals surface area contributed by atoms with Gasteiger partial charge in [-0.3, -0.25) is 4.79 Å². The van der Waals surface area contributed by atoms with Crippen molar-refractivity contribution >= 4 is 29.0 Å². The van der Waals surface area contributed by atoms with Crippen LogP contribution < -0.4 is 9.47 Å². The molecular weight excluding hydrogens is 518 g/mol. The molecule has 5 rings (SSSR count). The Morgan fingerprint density at radius 2 is 1.61 bits per heavy atom. The molecule has 0 saturated heterocycles. The Balaban J connectivity index is 1.65. The molecule has 0 atom stereocenters. The van der Waals surface area contributed by atoms with Crippen molar-refractivity contribution in [2.75, 3.05) is 20.8 Å². The summed E-state index contributed by atoms with van der Waals surface area (Å²) in [5, 5.41) is 11.2. The molecule has 0 aliphatic rings. The molecule has 0 amide bonds. The van der Waals surface area contributed by atoms with E-state index in [4.69, 9.17) is 23.6 Å². The number of methoxy groups -OCH3 is 2. The first-order chi connectivity index (χ1) is 20.0.